The van der Waals surface area contributed by atoms with E-state index in [0.717, 1.165) is 22.9 Å². The summed E-state index contributed by atoms with van der Waals surface area (Å²) >= 11 is 0. The van der Waals surface area contributed by atoms with Gasteiger partial charge < -0.3 is 14.8 Å². The average Bonchev–Trinajstić information content (AvgIpc) is 2.94. The molecule has 1 aliphatic heterocycles. The van der Waals surface area contributed by atoms with Gasteiger partial charge in [-0.05, 0) is 18.2 Å². The molecular weight excluding hydrogens is 242 g/mol. The Morgan fingerprint density at radius 3 is 3.00 bits per heavy atom. The van der Waals surface area contributed by atoms with Gasteiger partial charge in [0.2, 0.25) is 6.79 Å². The highest BCUT2D eigenvalue weighted by Gasteiger charge is 2.16. The minimum atomic E-state index is 0.265. The molecule has 1 aromatic heterocycles. The summed E-state index contributed by atoms with van der Waals surface area (Å²) in [7, 11) is 0. The van der Waals surface area contributed by atoms with E-state index in [1.807, 2.05) is 24.3 Å². The summed E-state index contributed by atoms with van der Waals surface area (Å²) < 4.78 is 10.7. The van der Waals surface area contributed by atoms with Crippen LogP contribution < -0.4 is 14.8 Å². The van der Waals surface area contributed by atoms with Gasteiger partial charge >= 0.3 is 0 Å². The maximum Gasteiger partial charge on any atom is 0.231 e. The molecule has 1 aliphatic rings. The number of para-hydroxylation sites is 1. The monoisotopic (exact) mass is 253 g/mol. The number of rotatable bonds is 3. The van der Waals surface area contributed by atoms with Crippen LogP contribution in [0, 0.1) is 11.3 Å². The second-order valence-electron chi connectivity index (χ2n) is 4.05. The highest BCUT2D eigenvalue weighted by molar-refractivity contribution is 5.50. The van der Waals surface area contributed by atoms with E-state index in [4.69, 9.17) is 14.7 Å². The quantitative estimate of drug-likeness (QED) is 0.909. The van der Waals surface area contributed by atoms with Crippen LogP contribution in [0.15, 0.2) is 36.5 Å². The predicted molar refractivity (Wildman–Crippen MR) is 68.8 cm³/mol. The van der Waals surface area contributed by atoms with Crippen LogP contribution in [0.25, 0.3) is 0 Å². The van der Waals surface area contributed by atoms with Crippen LogP contribution in [-0.2, 0) is 6.54 Å². The molecule has 2 aromatic rings. The van der Waals surface area contributed by atoms with Crippen molar-refractivity contribution in [2.75, 3.05) is 12.1 Å². The maximum absolute atomic E-state index is 8.70. The predicted octanol–water partition coefficient (Wildman–Crippen LogP) is 2.29. The molecule has 0 aliphatic carbocycles. The first kappa shape index (κ1) is 11.4. The first-order chi connectivity index (χ1) is 9.36. The minimum absolute atomic E-state index is 0.265. The summed E-state index contributed by atoms with van der Waals surface area (Å²) in [4.78, 5) is 4.15. The van der Waals surface area contributed by atoms with E-state index in [0.29, 0.717) is 12.1 Å². The third-order valence-electron chi connectivity index (χ3n) is 2.83. The highest BCUT2D eigenvalue weighted by atomic mass is 16.7. The number of nitriles is 1. The molecule has 2 heterocycles. The molecule has 0 fully saturated rings. The molecule has 0 atom stereocenters. The molecule has 0 unspecified atom stereocenters. The molecule has 1 aromatic carbocycles. The van der Waals surface area contributed by atoms with Gasteiger partial charge in [0.1, 0.15) is 11.9 Å². The Labute approximate surface area is 110 Å². The molecule has 0 bridgehead atoms. The highest BCUT2D eigenvalue weighted by Crippen LogP contribution is 2.35. The van der Waals surface area contributed by atoms with Gasteiger partial charge in [-0.1, -0.05) is 12.1 Å². The summed E-state index contributed by atoms with van der Waals surface area (Å²) in [6.07, 6.45) is 1.54. The largest absolute Gasteiger partial charge is 0.454 e. The van der Waals surface area contributed by atoms with Gasteiger partial charge in [0, 0.05) is 18.3 Å². The summed E-state index contributed by atoms with van der Waals surface area (Å²) in [6.45, 7) is 0.854. The lowest BCUT2D eigenvalue weighted by Crippen LogP contribution is -2.02. The zero-order valence-corrected chi connectivity index (χ0v) is 10.1. The van der Waals surface area contributed by atoms with Crippen molar-refractivity contribution in [2.45, 2.75) is 6.54 Å². The van der Waals surface area contributed by atoms with Gasteiger partial charge in [0.05, 0.1) is 5.56 Å². The number of hydrogen-bond acceptors (Lipinski definition) is 5. The number of anilines is 1. The standard InChI is InChI=1S/C14H11N3O2/c15-6-10-4-5-13(16-7-10)17-8-11-2-1-3-12-14(11)19-9-18-12/h1-5,7H,8-9H2,(H,16,17). The van der Waals surface area contributed by atoms with Crippen LogP contribution in [-0.4, -0.2) is 11.8 Å². The van der Waals surface area contributed by atoms with E-state index in [2.05, 4.69) is 10.3 Å². The summed E-state index contributed by atoms with van der Waals surface area (Å²) in [5.74, 6) is 2.27. The van der Waals surface area contributed by atoms with Crippen molar-refractivity contribution in [3.8, 4) is 17.6 Å². The van der Waals surface area contributed by atoms with Crippen LogP contribution in [0.3, 0.4) is 0 Å². The fourth-order valence-corrected chi connectivity index (χ4v) is 1.88. The Morgan fingerprint density at radius 2 is 2.21 bits per heavy atom. The van der Waals surface area contributed by atoms with Crippen LogP contribution in [0.5, 0.6) is 11.5 Å². The Morgan fingerprint density at radius 1 is 1.26 bits per heavy atom. The number of hydrogen-bond donors (Lipinski definition) is 1. The van der Waals surface area contributed by atoms with Crippen LogP contribution in [0.4, 0.5) is 5.82 Å². The average molecular weight is 253 g/mol. The zero-order chi connectivity index (χ0) is 13.1. The molecule has 0 radical (unpaired) electrons. The number of aromatic nitrogens is 1. The Kier molecular flexibility index (Phi) is 2.91. The minimum Gasteiger partial charge on any atom is -0.454 e. The lowest BCUT2D eigenvalue weighted by atomic mass is 10.2. The van der Waals surface area contributed by atoms with Crippen molar-refractivity contribution in [3.05, 3.63) is 47.7 Å². The van der Waals surface area contributed by atoms with Crippen molar-refractivity contribution in [3.63, 3.8) is 0 Å². The Balaban J connectivity index is 1.72. The smallest absolute Gasteiger partial charge is 0.231 e. The van der Waals surface area contributed by atoms with Crippen molar-refractivity contribution in [1.82, 2.24) is 4.98 Å². The molecule has 3 rings (SSSR count). The second kappa shape index (κ2) is 4.86. The van der Waals surface area contributed by atoms with Gasteiger partial charge in [0.15, 0.2) is 11.5 Å². The molecule has 0 amide bonds. The van der Waals surface area contributed by atoms with E-state index in [9.17, 15) is 0 Å². The number of nitrogens with one attached hydrogen (secondary N) is 1. The third kappa shape index (κ3) is 2.29. The topological polar surface area (TPSA) is 67.2 Å². The van der Waals surface area contributed by atoms with Crippen LogP contribution in [0.2, 0.25) is 0 Å². The summed E-state index contributed by atoms with van der Waals surface area (Å²) in [5.41, 5.74) is 1.56. The number of fused-ring (bicyclic) bond motifs is 1. The normalized spacial score (nSPS) is 11.9. The van der Waals surface area contributed by atoms with Crippen LogP contribution >= 0.6 is 0 Å². The number of ether oxygens (including phenoxy) is 2. The molecule has 19 heavy (non-hydrogen) atoms. The second-order valence-corrected chi connectivity index (χ2v) is 4.05. The van der Waals surface area contributed by atoms with Gasteiger partial charge in [0.25, 0.3) is 0 Å². The fraction of sp³-hybridized carbons (Fsp3) is 0.143. The Bertz CT molecular complexity index is 632. The summed E-state index contributed by atoms with van der Waals surface area (Å²) in [5, 5.41) is 11.9. The van der Waals surface area contributed by atoms with Crippen molar-refractivity contribution < 1.29 is 9.47 Å². The molecule has 94 valence electrons. The molecule has 0 saturated heterocycles. The summed E-state index contributed by atoms with van der Waals surface area (Å²) in [6, 6.07) is 11.3. The Hall–Kier alpha value is -2.74. The van der Waals surface area contributed by atoms with Gasteiger partial charge in [-0.2, -0.15) is 5.26 Å². The SMILES string of the molecule is N#Cc1ccc(NCc2cccc3c2OCO3)nc1. The first-order valence-corrected chi connectivity index (χ1v) is 5.84. The molecule has 0 saturated carbocycles. The molecule has 5 nitrogen and oxygen atoms in total. The number of nitrogens with zero attached hydrogens (tertiary/aromatic N) is 2. The molecule has 0 spiro atoms. The van der Waals surface area contributed by atoms with E-state index in [-0.39, 0.29) is 6.79 Å². The number of benzene rings is 1. The fourth-order valence-electron chi connectivity index (χ4n) is 1.88. The van der Waals surface area contributed by atoms with E-state index < -0.39 is 0 Å². The lowest BCUT2D eigenvalue weighted by molar-refractivity contribution is 0.173. The zero-order valence-electron chi connectivity index (χ0n) is 10.1. The van der Waals surface area contributed by atoms with Crippen LogP contribution in [0.1, 0.15) is 11.1 Å². The lowest BCUT2D eigenvalue weighted by Gasteiger charge is -2.08. The van der Waals surface area contributed by atoms with Gasteiger partial charge in [-0.3, -0.25) is 0 Å². The van der Waals surface area contributed by atoms with E-state index in [1.165, 1.54) is 6.20 Å². The van der Waals surface area contributed by atoms with Gasteiger partial charge in [-0.25, -0.2) is 4.98 Å². The third-order valence-corrected chi connectivity index (χ3v) is 2.83. The van der Waals surface area contributed by atoms with E-state index >= 15 is 0 Å². The maximum atomic E-state index is 8.70. The van der Waals surface area contributed by atoms with Crippen molar-refractivity contribution in [2.24, 2.45) is 0 Å². The van der Waals surface area contributed by atoms with Crippen molar-refractivity contribution in [1.29, 1.82) is 5.26 Å². The van der Waals surface area contributed by atoms with Crippen molar-refractivity contribution >= 4 is 5.82 Å². The number of pyridine rings is 1. The van der Waals surface area contributed by atoms with Gasteiger partial charge in [-0.15, -0.1) is 0 Å². The molecule has 5 heteroatoms. The first-order valence-electron chi connectivity index (χ1n) is 5.84. The van der Waals surface area contributed by atoms with E-state index in [1.54, 1.807) is 12.1 Å². The molecule has 1 N–H and O–H groups in total. The molecular formula is C14H11N3O2.